The summed E-state index contributed by atoms with van der Waals surface area (Å²) in [5, 5.41) is 3.47. The molecule has 0 aliphatic heterocycles. The normalized spacial score (nSPS) is 11.8. The summed E-state index contributed by atoms with van der Waals surface area (Å²) >= 11 is 0. The molecule has 0 spiro atoms. The molecule has 0 unspecified atom stereocenters. The maximum Gasteiger partial charge on any atom is 0.375 e. The van der Waals surface area contributed by atoms with Gasteiger partial charge in [0.25, 0.3) is 5.91 Å². The first-order valence-electron chi connectivity index (χ1n) is 9.28. The molecule has 1 heterocycles. The third kappa shape index (κ3) is 4.57. The first-order chi connectivity index (χ1) is 14.0. The van der Waals surface area contributed by atoms with Crippen molar-refractivity contribution in [1.82, 2.24) is 0 Å². The lowest BCUT2D eigenvalue weighted by atomic mass is 10.1. The van der Waals surface area contributed by atoms with Crippen molar-refractivity contribution in [3.63, 3.8) is 0 Å². The predicted molar refractivity (Wildman–Crippen MR) is 108 cm³/mol. The van der Waals surface area contributed by atoms with E-state index in [1.54, 1.807) is 30.3 Å². The largest absolute Gasteiger partial charge is 0.495 e. The number of amides is 1. The van der Waals surface area contributed by atoms with Gasteiger partial charge in [-0.1, -0.05) is 30.3 Å². The van der Waals surface area contributed by atoms with Crippen LogP contribution in [0.1, 0.15) is 30.0 Å². The molecule has 2 aromatic carbocycles. The fourth-order valence-corrected chi connectivity index (χ4v) is 2.86. The van der Waals surface area contributed by atoms with E-state index >= 15 is 0 Å². The van der Waals surface area contributed by atoms with Gasteiger partial charge in [-0.2, -0.15) is 0 Å². The Balaban J connectivity index is 1.76. The van der Waals surface area contributed by atoms with Crippen LogP contribution in [0.15, 0.2) is 52.9 Å². The molecule has 1 amide bonds. The molecule has 7 heteroatoms. The molecule has 29 heavy (non-hydrogen) atoms. The second-order valence-corrected chi connectivity index (χ2v) is 6.28. The average molecular weight is 397 g/mol. The monoisotopic (exact) mass is 397 g/mol. The number of fused-ring (bicyclic) bond motifs is 1. The minimum Gasteiger partial charge on any atom is -0.495 e. The molecule has 1 N–H and O–H groups in total. The van der Waals surface area contributed by atoms with E-state index in [1.165, 1.54) is 14.0 Å². The van der Waals surface area contributed by atoms with Crippen molar-refractivity contribution in [3.05, 3.63) is 59.9 Å². The number of ether oxygens (including phenoxy) is 3. The zero-order chi connectivity index (χ0) is 20.8. The van der Waals surface area contributed by atoms with Crippen LogP contribution < -0.4 is 10.1 Å². The summed E-state index contributed by atoms with van der Waals surface area (Å²) in [4.78, 5) is 25.2. The molecule has 1 atom stereocenters. The number of carbonyl (C=O) groups excluding carboxylic acids is 2. The van der Waals surface area contributed by atoms with Crippen molar-refractivity contribution >= 4 is 28.5 Å². The number of anilines is 1. The number of carbonyl (C=O) groups is 2. The molecular weight excluding hydrogens is 374 g/mol. The summed E-state index contributed by atoms with van der Waals surface area (Å²) in [5.74, 6) is -0.656. The Labute approximate surface area is 168 Å². The lowest BCUT2D eigenvalue weighted by Crippen LogP contribution is -2.30. The van der Waals surface area contributed by atoms with Crippen LogP contribution in [0.2, 0.25) is 0 Å². The van der Waals surface area contributed by atoms with Crippen LogP contribution in [-0.2, 0) is 20.9 Å². The van der Waals surface area contributed by atoms with Gasteiger partial charge in [-0.25, -0.2) is 4.79 Å². The van der Waals surface area contributed by atoms with Crippen LogP contribution in [0.5, 0.6) is 5.75 Å². The topological polar surface area (TPSA) is 87.0 Å². The molecule has 152 valence electrons. The summed E-state index contributed by atoms with van der Waals surface area (Å²) in [6, 6.07) is 14.3. The van der Waals surface area contributed by atoms with Crippen molar-refractivity contribution in [2.24, 2.45) is 0 Å². The Hall–Kier alpha value is -3.32. The van der Waals surface area contributed by atoms with Gasteiger partial charge in [0.15, 0.2) is 6.10 Å². The number of methoxy groups -OCH3 is 1. The van der Waals surface area contributed by atoms with Crippen LogP contribution in [0.3, 0.4) is 0 Å². The number of rotatable bonds is 8. The summed E-state index contributed by atoms with van der Waals surface area (Å²) in [7, 11) is 1.51. The quantitative estimate of drug-likeness (QED) is 0.574. The minimum atomic E-state index is -1.04. The molecule has 0 saturated carbocycles. The molecule has 3 rings (SSSR count). The molecule has 0 aliphatic carbocycles. The van der Waals surface area contributed by atoms with E-state index in [9.17, 15) is 9.59 Å². The molecule has 0 aliphatic rings. The van der Waals surface area contributed by atoms with Crippen LogP contribution in [0.4, 0.5) is 5.69 Å². The number of hydrogen-bond donors (Lipinski definition) is 1. The highest BCUT2D eigenvalue weighted by molar-refractivity contribution is 6.00. The average Bonchev–Trinajstić information content (AvgIpc) is 3.11. The number of para-hydroxylation sites is 3. The highest BCUT2D eigenvalue weighted by Crippen LogP contribution is 2.28. The van der Waals surface area contributed by atoms with Crippen molar-refractivity contribution in [1.29, 1.82) is 0 Å². The highest BCUT2D eigenvalue weighted by Gasteiger charge is 2.26. The standard InChI is InChI=1S/C22H23NO6/c1-4-27-13-16-15-9-5-7-11-18(15)29-20(16)22(25)28-14(2)21(24)23-17-10-6-8-12-19(17)26-3/h5-12,14H,4,13H2,1-3H3,(H,23,24)/t14-/m0/s1. The van der Waals surface area contributed by atoms with Gasteiger partial charge in [0.05, 0.1) is 19.4 Å². The molecule has 0 radical (unpaired) electrons. The van der Waals surface area contributed by atoms with E-state index in [4.69, 9.17) is 18.6 Å². The SMILES string of the molecule is CCOCc1c(C(=O)O[C@@H](C)C(=O)Nc2ccccc2OC)oc2ccccc12. The number of hydrogen-bond acceptors (Lipinski definition) is 6. The summed E-state index contributed by atoms with van der Waals surface area (Å²) in [5.41, 5.74) is 1.65. The maximum atomic E-state index is 12.7. The van der Waals surface area contributed by atoms with Gasteiger partial charge in [-0.05, 0) is 32.0 Å². The zero-order valence-corrected chi connectivity index (χ0v) is 16.6. The Bertz CT molecular complexity index is 1010. The lowest BCUT2D eigenvalue weighted by Gasteiger charge is -2.15. The summed E-state index contributed by atoms with van der Waals surface area (Å²) < 4.78 is 21.7. The van der Waals surface area contributed by atoms with Gasteiger partial charge in [0, 0.05) is 17.6 Å². The molecule has 7 nitrogen and oxygen atoms in total. The van der Waals surface area contributed by atoms with Crippen LogP contribution in [-0.4, -0.2) is 31.7 Å². The molecule has 1 aromatic heterocycles. The van der Waals surface area contributed by atoms with Gasteiger partial charge in [-0.15, -0.1) is 0 Å². The van der Waals surface area contributed by atoms with Crippen LogP contribution >= 0.6 is 0 Å². The van der Waals surface area contributed by atoms with Gasteiger partial charge >= 0.3 is 5.97 Å². The Morgan fingerprint density at radius 1 is 1.10 bits per heavy atom. The molecular formula is C22H23NO6. The lowest BCUT2D eigenvalue weighted by molar-refractivity contribution is -0.123. The van der Waals surface area contributed by atoms with Gasteiger partial charge < -0.3 is 23.9 Å². The van der Waals surface area contributed by atoms with Crippen molar-refractivity contribution in [2.75, 3.05) is 19.0 Å². The second kappa shape index (κ2) is 9.25. The van der Waals surface area contributed by atoms with Crippen molar-refractivity contribution in [2.45, 2.75) is 26.6 Å². The second-order valence-electron chi connectivity index (χ2n) is 6.28. The fraction of sp³-hybridized carbons (Fsp3) is 0.273. The van der Waals surface area contributed by atoms with Crippen LogP contribution in [0.25, 0.3) is 11.0 Å². The van der Waals surface area contributed by atoms with Crippen molar-refractivity contribution < 1.29 is 28.2 Å². The van der Waals surface area contributed by atoms with Gasteiger partial charge in [0.2, 0.25) is 5.76 Å². The fourth-order valence-electron chi connectivity index (χ4n) is 2.86. The Morgan fingerprint density at radius 3 is 2.59 bits per heavy atom. The first kappa shape index (κ1) is 20.4. The molecule has 3 aromatic rings. The number of furan rings is 1. The van der Waals surface area contributed by atoms with E-state index in [0.29, 0.717) is 29.2 Å². The zero-order valence-electron chi connectivity index (χ0n) is 16.6. The molecule has 0 bridgehead atoms. The van der Waals surface area contributed by atoms with Crippen molar-refractivity contribution in [3.8, 4) is 5.75 Å². The highest BCUT2D eigenvalue weighted by atomic mass is 16.6. The van der Waals surface area contributed by atoms with E-state index in [0.717, 1.165) is 5.39 Å². The summed E-state index contributed by atoms with van der Waals surface area (Å²) in [6.07, 6.45) is -1.04. The molecule has 0 fully saturated rings. The first-order valence-corrected chi connectivity index (χ1v) is 9.28. The van der Waals surface area contributed by atoms with E-state index in [1.807, 2.05) is 25.1 Å². The maximum absolute atomic E-state index is 12.7. The van der Waals surface area contributed by atoms with E-state index in [-0.39, 0.29) is 12.4 Å². The van der Waals surface area contributed by atoms with E-state index < -0.39 is 18.0 Å². The number of benzene rings is 2. The third-order valence-electron chi connectivity index (χ3n) is 4.35. The Morgan fingerprint density at radius 2 is 1.83 bits per heavy atom. The van der Waals surface area contributed by atoms with Gasteiger partial charge in [0.1, 0.15) is 11.3 Å². The van der Waals surface area contributed by atoms with Crippen LogP contribution in [0, 0.1) is 0 Å². The Kier molecular flexibility index (Phi) is 6.51. The molecule has 0 saturated heterocycles. The van der Waals surface area contributed by atoms with Gasteiger partial charge in [-0.3, -0.25) is 4.79 Å². The predicted octanol–water partition coefficient (Wildman–Crippen LogP) is 4.16. The smallest absolute Gasteiger partial charge is 0.375 e. The third-order valence-corrected chi connectivity index (χ3v) is 4.35. The number of esters is 1. The summed E-state index contributed by atoms with van der Waals surface area (Å²) in [6.45, 7) is 4.06. The van der Waals surface area contributed by atoms with E-state index in [2.05, 4.69) is 5.32 Å². The minimum absolute atomic E-state index is 0.0385. The number of nitrogens with one attached hydrogen (secondary N) is 1.